The summed E-state index contributed by atoms with van der Waals surface area (Å²) >= 11 is 0. The van der Waals surface area contributed by atoms with Gasteiger partial charge in [0.2, 0.25) is 0 Å². The van der Waals surface area contributed by atoms with Gasteiger partial charge in [-0.05, 0) is 61.1 Å². The van der Waals surface area contributed by atoms with Crippen LogP contribution in [0.4, 0.5) is 0 Å². The van der Waals surface area contributed by atoms with E-state index in [1.165, 1.54) is 37.9 Å². The molecule has 2 N–H and O–H groups in total. The fourth-order valence-corrected chi connectivity index (χ4v) is 4.79. The molecule has 3 fully saturated rings. The number of pyridine rings is 1. The standard InChI is InChI=1S/C20H27N3O/c1-3-13-12-23-9-7-14(13)10-19(23)20(21)16-6-8-22-18-5-4-15(24-2)11-17(16)18/h4-6,8,11,13-14,19-20H,3,7,9-10,12,21H2,1-2H3/t13-,14?,19-,20-/m1/s1. The number of rotatable bonds is 4. The topological polar surface area (TPSA) is 51.4 Å². The second kappa shape index (κ2) is 6.34. The van der Waals surface area contributed by atoms with Crippen LogP contribution in [0.5, 0.6) is 5.75 Å². The molecule has 1 aromatic heterocycles. The zero-order valence-corrected chi connectivity index (χ0v) is 14.6. The van der Waals surface area contributed by atoms with Gasteiger partial charge in [0.25, 0.3) is 0 Å². The van der Waals surface area contributed by atoms with Crippen molar-refractivity contribution in [3.05, 3.63) is 36.0 Å². The molecule has 4 heteroatoms. The molecule has 0 radical (unpaired) electrons. The van der Waals surface area contributed by atoms with Gasteiger partial charge in [-0.2, -0.15) is 0 Å². The average molecular weight is 325 g/mol. The monoisotopic (exact) mass is 325 g/mol. The second-order valence-electron chi connectivity index (χ2n) is 7.32. The van der Waals surface area contributed by atoms with Crippen molar-refractivity contribution in [3.8, 4) is 5.75 Å². The lowest BCUT2D eigenvalue weighted by atomic mass is 9.72. The van der Waals surface area contributed by atoms with Crippen LogP contribution in [0, 0.1) is 11.8 Å². The second-order valence-corrected chi connectivity index (χ2v) is 7.32. The Morgan fingerprint density at radius 3 is 2.96 bits per heavy atom. The summed E-state index contributed by atoms with van der Waals surface area (Å²) in [7, 11) is 1.70. The Kier molecular flexibility index (Phi) is 4.19. The molecule has 3 aliphatic rings. The fourth-order valence-electron chi connectivity index (χ4n) is 4.79. The molecular weight excluding hydrogens is 298 g/mol. The van der Waals surface area contributed by atoms with Crippen LogP contribution >= 0.6 is 0 Å². The van der Waals surface area contributed by atoms with Crippen molar-refractivity contribution in [1.29, 1.82) is 0 Å². The van der Waals surface area contributed by atoms with Gasteiger partial charge in [-0.1, -0.05) is 13.3 Å². The van der Waals surface area contributed by atoms with Gasteiger partial charge in [-0.15, -0.1) is 0 Å². The Morgan fingerprint density at radius 2 is 2.25 bits per heavy atom. The van der Waals surface area contributed by atoms with Gasteiger partial charge >= 0.3 is 0 Å². The first-order chi connectivity index (χ1) is 11.7. The molecule has 24 heavy (non-hydrogen) atoms. The lowest BCUT2D eigenvalue weighted by molar-refractivity contribution is -0.0105. The summed E-state index contributed by atoms with van der Waals surface area (Å²) in [5.74, 6) is 2.57. The van der Waals surface area contributed by atoms with Crippen LogP contribution in [-0.4, -0.2) is 36.1 Å². The predicted molar refractivity (Wildman–Crippen MR) is 97.1 cm³/mol. The maximum absolute atomic E-state index is 6.79. The van der Waals surface area contributed by atoms with E-state index in [1.807, 2.05) is 18.3 Å². The van der Waals surface area contributed by atoms with E-state index in [4.69, 9.17) is 10.5 Å². The van der Waals surface area contributed by atoms with Crippen molar-refractivity contribution >= 4 is 10.9 Å². The van der Waals surface area contributed by atoms with Crippen LogP contribution in [-0.2, 0) is 0 Å². The van der Waals surface area contributed by atoms with Gasteiger partial charge < -0.3 is 10.5 Å². The third kappa shape index (κ3) is 2.58. The Morgan fingerprint density at radius 1 is 1.38 bits per heavy atom. The smallest absolute Gasteiger partial charge is 0.119 e. The van der Waals surface area contributed by atoms with Crippen molar-refractivity contribution < 1.29 is 4.74 Å². The average Bonchev–Trinajstić information content (AvgIpc) is 2.66. The van der Waals surface area contributed by atoms with Crippen molar-refractivity contribution in [2.45, 2.75) is 38.3 Å². The first-order valence-corrected chi connectivity index (χ1v) is 9.13. The molecule has 4 nitrogen and oxygen atoms in total. The lowest BCUT2D eigenvalue weighted by Gasteiger charge is -2.51. The molecule has 2 aromatic rings. The molecule has 3 aliphatic heterocycles. The Balaban J connectivity index is 1.68. The molecule has 0 aliphatic carbocycles. The summed E-state index contributed by atoms with van der Waals surface area (Å²) in [5.41, 5.74) is 8.98. The molecule has 5 rings (SSSR count). The van der Waals surface area contributed by atoms with E-state index in [0.717, 1.165) is 28.5 Å². The minimum Gasteiger partial charge on any atom is -0.497 e. The number of aromatic nitrogens is 1. The van der Waals surface area contributed by atoms with E-state index in [1.54, 1.807) is 7.11 Å². The lowest BCUT2D eigenvalue weighted by Crippen LogP contribution is -2.56. The number of ether oxygens (including phenoxy) is 1. The van der Waals surface area contributed by atoms with Crippen molar-refractivity contribution in [2.75, 3.05) is 20.2 Å². The summed E-state index contributed by atoms with van der Waals surface area (Å²) < 4.78 is 5.40. The van der Waals surface area contributed by atoms with Crippen LogP contribution in [0.15, 0.2) is 30.5 Å². The number of fused-ring (bicyclic) bond motifs is 4. The first-order valence-electron chi connectivity index (χ1n) is 9.13. The normalized spacial score (nSPS) is 30.5. The molecule has 0 spiro atoms. The Labute approximate surface area is 144 Å². The summed E-state index contributed by atoms with van der Waals surface area (Å²) in [4.78, 5) is 7.12. The number of nitrogens with two attached hydrogens (primary N) is 1. The van der Waals surface area contributed by atoms with Gasteiger partial charge in [-0.25, -0.2) is 0 Å². The molecule has 2 bridgehead atoms. The van der Waals surface area contributed by atoms with E-state index in [0.29, 0.717) is 6.04 Å². The maximum atomic E-state index is 6.79. The minimum atomic E-state index is 0.0308. The Bertz CT molecular complexity index is 732. The van der Waals surface area contributed by atoms with E-state index in [-0.39, 0.29) is 6.04 Å². The quantitative estimate of drug-likeness (QED) is 0.936. The van der Waals surface area contributed by atoms with Crippen LogP contribution in [0.2, 0.25) is 0 Å². The molecule has 128 valence electrons. The van der Waals surface area contributed by atoms with E-state index in [9.17, 15) is 0 Å². The van der Waals surface area contributed by atoms with Crippen LogP contribution < -0.4 is 10.5 Å². The third-order valence-electron chi connectivity index (χ3n) is 6.22. The molecule has 5 atom stereocenters. The third-order valence-corrected chi connectivity index (χ3v) is 6.22. The van der Waals surface area contributed by atoms with Crippen molar-refractivity contribution in [2.24, 2.45) is 17.6 Å². The summed E-state index contributed by atoms with van der Waals surface area (Å²) in [5, 5.41) is 1.12. The highest BCUT2D eigenvalue weighted by molar-refractivity contribution is 5.84. The van der Waals surface area contributed by atoms with Gasteiger partial charge in [0.15, 0.2) is 0 Å². The van der Waals surface area contributed by atoms with E-state index in [2.05, 4.69) is 28.9 Å². The number of piperidine rings is 3. The number of hydrogen-bond donors (Lipinski definition) is 1. The summed E-state index contributed by atoms with van der Waals surface area (Å²) in [6.07, 6.45) is 5.74. The molecule has 0 amide bonds. The van der Waals surface area contributed by atoms with E-state index < -0.39 is 0 Å². The molecule has 3 saturated heterocycles. The van der Waals surface area contributed by atoms with Gasteiger partial charge in [-0.3, -0.25) is 9.88 Å². The highest BCUT2D eigenvalue weighted by Gasteiger charge is 2.41. The molecule has 1 aromatic carbocycles. The summed E-state index contributed by atoms with van der Waals surface area (Å²) in [6, 6.07) is 8.62. The highest BCUT2D eigenvalue weighted by atomic mass is 16.5. The van der Waals surface area contributed by atoms with Gasteiger partial charge in [0.05, 0.1) is 12.6 Å². The molecule has 4 heterocycles. The predicted octanol–water partition coefficient (Wildman–Crippen LogP) is 3.36. The highest BCUT2D eigenvalue weighted by Crippen LogP contribution is 2.42. The van der Waals surface area contributed by atoms with Gasteiger partial charge in [0, 0.05) is 30.2 Å². The van der Waals surface area contributed by atoms with Crippen LogP contribution in [0.25, 0.3) is 10.9 Å². The molecular formula is C20H27N3O. The van der Waals surface area contributed by atoms with Gasteiger partial charge in [0.1, 0.15) is 5.75 Å². The molecule has 2 unspecified atom stereocenters. The number of methoxy groups -OCH3 is 1. The fraction of sp³-hybridized carbons (Fsp3) is 0.550. The Hall–Kier alpha value is -1.65. The van der Waals surface area contributed by atoms with E-state index >= 15 is 0 Å². The number of benzene rings is 1. The maximum Gasteiger partial charge on any atom is 0.119 e. The summed E-state index contributed by atoms with van der Waals surface area (Å²) in [6.45, 7) is 4.74. The van der Waals surface area contributed by atoms with Crippen LogP contribution in [0.3, 0.4) is 0 Å². The minimum absolute atomic E-state index is 0.0308. The number of nitrogens with zero attached hydrogens (tertiary/aromatic N) is 2. The largest absolute Gasteiger partial charge is 0.497 e. The van der Waals surface area contributed by atoms with Crippen molar-refractivity contribution in [1.82, 2.24) is 9.88 Å². The SMILES string of the molecule is CC[C@@H]1CN2CCC1C[C@@H]2[C@H](N)c1ccnc2ccc(OC)cc12. The van der Waals surface area contributed by atoms with Crippen molar-refractivity contribution in [3.63, 3.8) is 0 Å². The molecule has 0 saturated carbocycles. The zero-order chi connectivity index (χ0) is 16.7. The first kappa shape index (κ1) is 15.9. The zero-order valence-electron chi connectivity index (χ0n) is 14.6. The van der Waals surface area contributed by atoms with Crippen LogP contribution in [0.1, 0.15) is 37.8 Å². The number of hydrogen-bond acceptors (Lipinski definition) is 4.